The SMILES string of the molecule is COc1ccc(C[NH+]2CC[NH+](CC(=O)N3[C@@H](C)CCC[C@@H]3C)CC2)cc1OC. The smallest absolute Gasteiger partial charge is 0.278 e. The van der Waals surface area contributed by atoms with Crippen molar-refractivity contribution in [2.45, 2.75) is 51.7 Å². The third-order valence-corrected chi connectivity index (χ3v) is 6.45. The van der Waals surface area contributed by atoms with Gasteiger partial charge in [-0.1, -0.05) is 0 Å². The first kappa shape index (κ1) is 20.9. The van der Waals surface area contributed by atoms with Gasteiger partial charge in [-0.15, -0.1) is 0 Å². The number of piperidine rings is 1. The lowest BCUT2D eigenvalue weighted by Gasteiger charge is -2.40. The summed E-state index contributed by atoms with van der Waals surface area (Å²) in [5.74, 6) is 1.91. The van der Waals surface area contributed by atoms with E-state index >= 15 is 0 Å². The first-order valence-corrected chi connectivity index (χ1v) is 10.7. The molecule has 2 fully saturated rings. The largest absolute Gasteiger partial charge is 0.493 e. The molecule has 2 aliphatic rings. The molecule has 0 saturated carbocycles. The molecule has 0 aromatic heterocycles. The summed E-state index contributed by atoms with van der Waals surface area (Å²) in [5.41, 5.74) is 1.27. The zero-order chi connectivity index (χ0) is 20.1. The van der Waals surface area contributed by atoms with Crippen molar-refractivity contribution in [3.05, 3.63) is 23.8 Å². The molecule has 0 aliphatic carbocycles. The summed E-state index contributed by atoms with van der Waals surface area (Å²) >= 11 is 0. The number of methoxy groups -OCH3 is 2. The number of carbonyl (C=O) groups excluding carboxylic acids is 1. The molecule has 6 heteroatoms. The van der Waals surface area contributed by atoms with Gasteiger partial charge in [-0.25, -0.2) is 0 Å². The number of ether oxygens (including phenoxy) is 2. The Hall–Kier alpha value is -1.79. The summed E-state index contributed by atoms with van der Waals surface area (Å²) in [7, 11) is 3.34. The summed E-state index contributed by atoms with van der Waals surface area (Å²) < 4.78 is 10.7. The molecular formula is C22H37N3O3+2. The maximum absolute atomic E-state index is 12.9. The Morgan fingerprint density at radius 2 is 1.61 bits per heavy atom. The molecule has 1 aromatic rings. The molecule has 2 aliphatic heterocycles. The van der Waals surface area contributed by atoms with Gasteiger partial charge in [0.15, 0.2) is 18.0 Å². The average molecular weight is 392 g/mol. The van der Waals surface area contributed by atoms with Gasteiger partial charge in [-0.2, -0.15) is 0 Å². The number of quaternary nitrogens is 2. The van der Waals surface area contributed by atoms with Crippen LogP contribution in [0.15, 0.2) is 18.2 Å². The van der Waals surface area contributed by atoms with E-state index in [0.717, 1.165) is 57.1 Å². The number of nitrogens with one attached hydrogen (secondary N) is 2. The van der Waals surface area contributed by atoms with Crippen molar-refractivity contribution in [2.75, 3.05) is 46.9 Å². The Bertz CT molecular complexity index is 648. The van der Waals surface area contributed by atoms with E-state index in [2.05, 4.69) is 30.9 Å². The van der Waals surface area contributed by atoms with E-state index < -0.39 is 0 Å². The third kappa shape index (κ3) is 4.97. The summed E-state index contributed by atoms with van der Waals surface area (Å²) in [6.07, 6.45) is 3.54. The predicted octanol–water partition coefficient (Wildman–Crippen LogP) is -0.223. The van der Waals surface area contributed by atoms with Gasteiger partial charge in [-0.3, -0.25) is 4.79 Å². The van der Waals surface area contributed by atoms with E-state index in [1.54, 1.807) is 19.1 Å². The normalized spacial score (nSPS) is 28.1. The van der Waals surface area contributed by atoms with Gasteiger partial charge >= 0.3 is 0 Å². The van der Waals surface area contributed by atoms with E-state index in [-0.39, 0.29) is 0 Å². The zero-order valence-electron chi connectivity index (χ0n) is 17.9. The van der Waals surface area contributed by atoms with Crippen LogP contribution in [0.3, 0.4) is 0 Å². The number of likely N-dealkylation sites (tertiary alicyclic amines) is 1. The van der Waals surface area contributed by atoms with Crippen LogP contribution in [0.5, 0.6) is 11.5 Å². The number of piperazine rings is 1. The molecule has 0 radical (unpaired) electrons. The van der Waals surface area contributed by atoms with Gasteiger partial charge in [0.2, 0.25) is 0 Å². The quantitative estimate of drug-likeness (QED) is 0.705. The Kier molecular flexibility index (Phi) is 7.18. The fourth-order valence-corrected chi connectivity index (χ4v) is 4.81. The Morgan fingerprint density at radius 3 is 2.21 bits per heavy atom. The van der Waals surface area contributed by atoms with E-state index in [9.17, 15) is 4.79 Å². The van der Waals surface area contributed by atoms with Gasteiger partial charge in [0, 0.05) is 17.6 Å². The van der Waals surface area contributed by atoms with Crippen molar-refractivity contribution in [3.8, 4) is 11.5 Å². The number of benzene rings is 1. The molecule has 2 atom stereocenters. The third-order valence-electron chi connectivity index (χ3n) is 6.45. The van der Waals surface area contributed by atoms with Crippen LogP contribution < -0.4 is 19.3 Å². The minimum absolute atomic E-state index is 0.345. The van der Waals surface area contributed by atoms with Crippen molar-refractivity contribution in [3.63, 3.8) is 0 Å². The summed E-state index contributed by atoms with van der Waals surface area (Å²) in [5, 5.41) is 0. The maximum Gasteiger partial charge on any atom is 0.278 e. The van der Waals surface area contributed by atoms with Crippen molar-refractivity contribution in [1.29, 1.82) is 0 Å². The van der Waals surface area contributed by atoms with Crippen LogP contribution in [0.25, 0.3) is 0 Å². The van der Waals surface area contributed by atoms with Crippen LogP contribution in [0, 0.1) is 0 Å². The Balaban J connectivity index is 1.48. The zero-order valence-corrected chi connectivity index (χ0v) is 17.9. The molecule has 0 bridgehead atoms. The van der Waals surface area contributed by atoms with Crippen LogP contribution in [0.2, 0.25) is 0 Å². The molecule has 1 aromatic carbocycles. The Labute approximate surface area is 169 Å². The van der Waals surface area contributed by atoms with Gasteiger partial charge < -0.3 is 24.2 Å². The number of carbonyl (C=O) groups is 1. The molecule has 6 nitrogen and oxygen atoms in total. The second kappa shape index (κ2) is 9.61. The summed E-state index contributed by atoms with van der Waals surface area (Å²) in [4.78, 5) is 18.0. The molecule has 2 N–H and O–H groups in total. The van der Waals surface area contributed by atoms with Crippen molar-refractivity contribution in [2.24, 2.45) is 0 Å². The highest BCUT2D eigenvalue weighted by molar-refractivity contribution is 5.77. The minimum Gasteiger partial charge on any atom is -0.493 e. The van der Waals surface area contributed by atoms with Crippen LogP contribution >= 0.6 is 0 Å². The van der Waals surface area contributed by atoms with Crippen LogP contribution in [-0.2, 0) is 11.3 Å². The second-order valence-corrected chi connectivity index (χ2v) is 8.47. The Morgan fingerprint density at radius 1 is 1.00 bits per heavy atom. The lowest BCUT2D eigenvalue weighted by molar-refractivity contribution is -1.02. The molecule has 2 heterocycles. The van der Waals surface area contributed by atoms with Crippen molar-refractivity contribution >= 4 is 5.91 Å². The highest BCUT2D eigenvalue weighted by Crippen LogP contribution is 2.27. The molecule has 2 saturated heterocycles. The maximum atomic E-state index is 12.9. The van der Waals surface area contributed by atoms with Crippen molar-refractivity contribution < 1.29 is 24.1 Å². The van der Waals surface area contributed by atoms with E-state index in [1.165, 1.54) is 16.9 Å². The summed E-state index contributed by atoms with van der Waals surface area (Å²) in [6, 6.07) is 6.97. The monoisotopic (exact) mass is 391 g/mol. The highest BCUT2D eigenvalue weighted by atomic mass is 16.5. The molecular weight excluding hydrogens is 354 g/mol. The number of nitrogens with zero attached hydrogens (tertiary/aromatic N) is 1. The first-order valence-electron chi connectivity index (χ1n) is 10.7. The molecule has 1 amide bonds. The fraction of sp³-hybridized carbons (Fsp3) is 0.682. The van der Waals surface area contributed by atoms with Gasteiger partial charge in [0.05, 0.1) is 14.2 Å². The first-order chi connectivity index (χ1) is 13.5. The predicted molar refractivity (Wildman–Crippen MR) is 109 cm³/mol. The van der Waals surface area contributed by atoms with Crippen molar-refractivity contribution in [1.82, 2.24) is 4.90 Å². The highest BCUT2D eigenvalue weighted by Gasteiger charge is 2.32. The topological polar surface area (TPSA) is 47.7 Å². The van der Waals surface area contributed by atoms with Gasteiger partial charge in [0.1, 0.15) is 32.7 Å². The number of hydrogen-bond acceptors (Lipinski definition) is 3. The van der Waals surface area contributed by atoms with Gasteiger partial charge in [-0.05, 0) is 51.3 Å². The van der Waals surface area contributed by atoms with E-state index in [0.29, 0.717) is 24.5 Å². The van der Waals surface area contributed by atoms with Crippen LogP contribution in [0.4, 0.5) is 0 Å². The summed E-state index contributed by atoms with van der Waals surface area (Å²) in [6.45, 7) is 10.4. The lowest BCUT2D eigenvalue weighted by atomic mass is 9.97. The van der Waals surface area contributed by atoms with E-state index in [4.69, 9.17) is 9.47 Å². The molecule has 28 heavy (non-hydrogen) atoms. The van der Waals surface area contributed by atoms with Crippen LogP contribution in [-0.4, -0.2) is 69.8 Å². The molecule has 0 unspecified atom stereocenters. The minimum atomic E-state index is 0.345. The number of amides is 1. The molecule has 156 valence electrons. The van der Waals surface area contributed by atoms with Crippen LogP contribution in [0.1, 0.15) is 38.7 Å². The fourth-order valence-electron chi connectivity index (χ4n) is 4.81. The number of hydrogen-bond donors (Lipinski definition) is 2. The van der Waals surface area contributed by atoms with Gasteiger partial charge in [0.25, 0.3) is 5.91 Å². The molecule has 3 rings (SSSR count). The second-order valence-electron chi connectivity index (χ2n) is 8.47. The number of rotatable bonds is 6. The standard InChI is InChI=1S/C22H35N3O3/c1-17-6-5-7-18(2)25(17)22(26)16-24-12-10-23(11-13-24)15-19-8-9-20(27-3)21(14-19)28-4/h8-9,14,17-18H,5-7,10-13,15-16H2,1-4H3/p+2/t17-,18-/m0/s1. The molecule has 0 spiro atoms. The average Bonchev–Trinajstić information content (AvgIpc) is 2.69. The van der Waals surface area contributed by atoms with E-state index in [1.807, 2.05) is 6.07 Å². The lowest BCUT2D eigenvalue weighted by Crippen LogP contribution is -3.28.